The number of aryl methyl sites for hydroxylation is 1. The predicted molar refractivity (Wildman–Crippen MR) is 111 cm³/mol. The molecule has 0 aromatic heterocycles. The van der Waals surface area contributed by atoms with E-state index in [0.717, 1.165) is 30.9 Å². The molecule has 0 saturated carbocycles. The molecule has 0 aliphatic carbocycles. The fourth-order valence-corrected chi connectivity index (χ4v) is 4.96. The van der Waals surface area contributed by atoms with Gasteiger partial charge < -0.3 is 14.5 Å². The maximum Gasteiger partial charge on any atom is 0.222 e. The summed E-state index contributed by atoms with van der Waals surface area (Å²) in [6, 6.07) is 18.1. The van der Waals surface area contributed by atoms with Gasteiger partial charge in [-0.25, -0.2) is 0 Å². The van der Waals surface area contributed by atoms with Crippen LogP contribution >= 0.6 is 0 Å². The van der Waals surface area contributed by atoms with Gasteiger partial charge in [0.05, 0.1) is 13.2 Å². The summed E-state index contributed by atoms with van der Waals surface area (Å²) in [6.07, 6.45) is 1.16. The highest BCUT2D eigenvalue weighted by Crippen LogP contribution is 2.45. The van der Waals surface area contributed by atoms with Gasteiger partial charge in [0.25, 0.3) is 0 Å². The number of hydrogen-bond acceptors (Lipinski definition) is 3. The third-order valence-corrected chi connectivity index (χ3v) is 6.36. The van der Waals surface area contributed by atoms with E-state index in [9.17, 15) is 9.59 Å². The highest BCUT2D eigenvalue weighted by molar-refractivity contribution is 5.77. The Kier molecular flexibility index (Phi) is 5.56. The summed E-state index contributed by atoms with van der Waals surface area (Å²) in [7, 11) is 1.66. The quantitative estimate of drug-likeness (QED) is 0.784. The third kappa shape index (κ3) is 3.86. The van der Waals surface area contributed by atoms with E-state index in [-0.39, 0.29) is 17.9 Å². The summed E-state index contributed by atoms with van der Waals surface area (Å²) in [5, 5.41) is 0. The van der Waals surface area contributed by atoms with Crippen LogP contribution in [0, 0.1) is 11.8 Å². The largest absolute Gasteiger partial charge is 0.496 e. The van der Waals surface area contributed by atoms with Crippen molar-refractivity contribution in [3.8, 4) is 5.75 Å². The topological polar surface area (TPSA) is 49.9 Å². The second-order valence-corrected chi connectivity index (χ2v) is 8.06. The molecule has 2 aliphatic rings. The molecule has 5 heteroatoms. The Morgan fingerprint density at radius 2 is 1.72 bits per heavy atom. The molecule has 2 aliphatic heterocycles. The summed E-state index contributed by atoms with van der Waals surface area (Å²) in [4.78, 5) is 29.1. The van der Waals surface area contributed by atoms with Crippen molar-refractivity contribution in [2.45, 2.75) is 25.8 Å². The molecule has 2 aromatic rings. The minimum Gasteiger partial charge on any atom is -0.496 e. The van der Waals surface area contributed by atoms with Gasteiger partial charge in [0.1, 0.15) is 5.75 Å². The highest BCUT2D eigenvalue weighted by Gasteiger charge is 2.49. The second kappa shape index (κ2) is 8.27. The monoisotopic (exact) mass is 392 g/mol. The third-order valence-electron chi connectivity index (χ3n) is 6.36. The first-order chi connectivity index (χ1) is 14.1. The molecule has 2 heterocycles. The standard InChI is InChI=1S/C24H28N2O3/c1-17(27)26-15-20-14-25(16-21(20)24(26)19-9-4-3-5-10-19)23(28)13-12-18-8-6-7-11-22(18)29-2/h3-11,20-21,24H,12-16H2,1-2H3/t20-,21-,24-/m1/s1. The summed E-state index contributed by atoms with van der Waals surface area (Å²) in [5.41, 5.74) is 2.23. The number of ether oxygens (including phenoxy) is 1. The minimum absolute atomic E-state index is 0.0608. The number of para-hydroxylation sites is 1. The van der Waals surface area contributed by atoms with Crippen LogP contribution in [0.2, 0.25) is 0 Å². The maximum atomic E-state index is 12.9. The first-order valence-corrected chi connectivity index (χ1v) is 10.3. The van der Waals surface area contributed by atoms with Crippen LogP contribution in [-0.2, 0) is 16.0 Å². The normalized spacial score (nSPS) is 23.2. The molecule has 0 bridgehead atoms. The maximum absolute atomic E-state index is 12.9. The van der Waals surface area contributed by atoms with Crippen molar-refractivity contribution in [2.75, 3.05) is 26.7 Å². The van der Waals surface area contributed by atoms with Gasteiger partial charge in [-0.05, 0) is 23.6 Å². The van der Waals surface area contributed by atoms with Gasteiger partial charge in [0.2, 0.25) is 11.8 Å². The van der Waals surface area contributed by atoms with E-state index in [1.807, 2.05) is 52.3 Å². The van der Waals surface area contributed by atoms with Gasteiger partial charge in [-0.3, -0.25) is 9.59 Å². The van der Waals surface area contributed by atoms with E-state index in [0.29, 0.717) is 24.7 Å². The van der Waals surface area contributed by atoms with Crippen LogP contribution in [0.1, 0.15) is 30.5 Å². The molecule has 5 nitrogen and oxygen atoms in total. The Bertz CT molecular complexity index is 883. The zero-order chi connectivity index (χ0) is 20.4. The molecule has 0 spiro atoms. The van der Waals surface area contributed by atoms with Crippen molar-refractivity contribution < 1.29 is 14.3 Å². The summed E-state index contributed by atoms with van der Waals surface area (Å²) < 4.78 is 5.40. The summed E-state index contributed by atoms with van der Waals surface area (Å²) >= 11 is 0. The number of benzene rings is 2. The number of rotatable bonds is 5. The molecule has 0 unspecified atom stereocenters. The van der Waals surface area contributed by atoms with E-state index in [1.165, 1.54) is 5.56 Å². The number of fused-ring (bicyclic) bond motifs is 1. The number of likely N-dealkylation sites (tertiary alicyclic amines) is 2. The van der Waals surface area contributed by atoms with Gasteiger partial charge in [0.15, 0.2) is 0 Å². The zero-order valence-electron chi connectivity index (χ0n) is 17.1. The van der Waals surface area contributed by atoms with E-state index >= 15 is 0 Å². The Balaban J connectivity index is 1.44. The number of carbonyl (C=O) groups excluding carboxylic acids is 2. The molecular formula is C24H28N2O3. The van der Waals surface area contributed by atoms with E-state index in [1.54, 1.807) is 14.0 Å². The van der Waals surface area contributed by atoms with Crippen molar-refractivity contribution in [3.63, 3.8) is 0 Å². The number of hydrogen-bond donors (Lipinski definition) is 0. The van der Waals surface area contributed by atoms with E-state index in [2.05, 4.69) is 12.1 Å². The van der Waals surface area contributed by atoms with Crippen molar-refractivity contribution in [3.05, 3.63) is 65.7 Å². The fraction of sp³-hybridized carbons (Fsp3) is 0.417. The Morgan fingerprint density at radius 1 is 1.00 bits per heavy atom. The molecule has 152 valence electrons. The number of carbonyl (C=O) groups is 2. The number of nitrogens with zero attached hydrogens (tertiary/aromatic N) is 2. The average Bonchev–Trinajstić information content (AvgIpc) is 3.31. The van der Waals surface area contributed by atoms with Gasteiger partial charge in [0, 0.05) is 44.8 Å². The predicted octanol–water partition coefficient (Wildman–Crippen LogP) is 3.31. The molecule has 2 fully saturated rings. The number of amides is 2. The van der Waals surface area contributed by atoms with Crippen LogP contribution in [0.5, 0.6) is 5.75 Å². The smallest absolute Gasteiger partial charge is 0.222 e. The molecule has 2 saturated heterocycles. The Hall–Kier alpha value is -2.82. The first-order valence-electron chi connectivity index (χ1n) is 10.3. The van der Waals surface area contributed by atoms with Crippen LogP contribution in [0.3, 0.4) is 0 Å². The lowest BCUT2D eigenvalue weighted by Crippen LogP contribution is -2.36. The van der Waals surface area contributed by atoms with Crippen LogP contribution in [-0.4, -0.2) is 48.4 Å². The SMILES string of the molecule is COc1ccccc1CCC(=O)N1C[C@@H]2CN(C(C)=O)[C@H](c3ccccc3)[C@@H]2C1. The van der Waals surface area contributed by atoms with Crippen molar-refractivity contribution in [1.29, 1.82) is 0 Å². The van der Waals surface area contributed by atoms with Crippen LogP contribution in [0.4, 0.5) is 0 Å². The lowest BCUT2D eigenvalue weighted by Gasteiger charge is -2.29. The van der Waals surface area contributed by atoms with Crippen LogP contribution in [0.15, 0.2) is 54.6 Å². The molecule has 0 radical (unpaired) electrons. The first kappa shape index (κ1) is 19.5. The highest BCUT2D eigenvalue weighted by atomic mass is 16.5. The van der Waals surface area contributed by atoms with Crippen molar-refractivity contribution in [2.24, 2.45) is 11.8 Å². The Morgan fingerprint density at radius 3 is 2.45 bits per heavy atom. The van der Waals surface area contributed by atoms with E-state index in [4.69, 9.17) is 4.74 Å². The molecule has 2 amide bonds. The molecule has 2 aromatic carbocycles. The molecule has 4 rings (SSSR count). The molecular weight excluding hydrogens is 364 g/mol. The van der Waals surface area contributed by atoms with Crippen LogP contribution in [0.25, 0.3) is 0 Å². The lowest BCUT2D eigenvalue weighted by atomic mass is 9.89. The molecule has 29 heavy (non-hydrogen) atoms. The average molecular weight is 392 g/mol. The second-order valence-electron chi connectivity index (χ2n) is 8.06. The van der Waals surface area contributed by atoms with Gasteiger partial charge in [-0.1, -0.05) is 48.5 Å². The zero-order valence-corrected chi connectivity index (χ0v) is 17.1. The lowest BCUT2D eigenvalue weighted by molar-refractivity contribution is -0.131. The van der Waals surface area contributed by atoms with Crippen molar-refractivity contribution in [1.82, 2.24) is 9.80 Å². The van der Waals surface area contributed by atoms with Gasteiger partial charge in [-0.2, -0.15) is 0 Å². The van der Waals surface area contributed by atoms with Gasteiger partial charge >= 0.3 is 0 Å². The molecule has 3 atom stereocenters. The number of methoxy groups -OCH3 is 1. The summed E-state index contributed by atoms with van der Waals surface area (Å²) in [6.45, 7) is 3.84. The summed E-state index contributed by atoms with van der Waals surface area (Å²) in [5.74, 6) is 1.78. The minimum atomic E-state index is 0.0608. The van der Waals surface area contributed by atoms with E-state index < -0.39 is 0 Å². The van der Waals surface area contributed by atoms with Crippen molar-refractivity contribution >= 4 is 11.8 Å². The molecule has 0 N–H and O–H groups in total. The van der Waals surface area contributed by atoms with Crippen LogP contribution < -0.4 is 4.74 Å². The fourth-order valence-electron chi connectivity index (χ4n) is 4.96. The Labute approximate surface area is 172 Å². The van der Waals surface area contributed by atoms with Gasteiger partial charge in [-0.15, -0.1) is 0 Å².